The first-order valence-electron chi connectivity index (χ1n) is 9.39. The summed E-state index contributed by atoms with van der Waals surface area (Å²) in [7, 11) is 0. The molecular weight excluding hydrogens is 383 g/mol. The molecule has 0 N–H and O–H groups in total. The second-order valence-electron chi connectivity index (χ2n) is 7.10. The Bertz CT molecular complexity index is 971. The van der Waals surface area contributed by atoms with Gasteiger partial charge in [0.2, 0.25) is 5.91 Å². The van der Waals surface area contributed by atoms with Gasteiger partial charge in [0.1, 0.15) is 0 Å². The molecular formula is C20H20F3N5O. The summed E-state index contributed by atoms with van der Waals surface area (Å²) in [6.45, 7) is 0.995. The summed E-state index contributed by atoms with van der Waals surface area (Å²) >= 11 is 0. The molecule has 0 aliphatic carbocycles. The van der Waals surface area contributed by atoms with Crippen LogP contribution in [0.3, 0.4) is 0 Å². The summed E-state index contributed by atoms with van der Waals surface area (Å²) in [5.41, 5.74) is 0.860. The zero-order valence-electron chi connectivity index (χ0n) is 15.6. The minimum atomic E-state index is -4.44. The van der Waals surface area contributed by atoms with E-state index in [1.807, 2.05) is 36.5 Å². The van der Waals surface area contributed by atoms with E-state index in [0.717, 1.165) is 17.3 Å². The fraction of sp³-hybridized carbons (Fsp3) is 0.350. The highest BCUT2D eigenvalue weighted by Crippen LogP contribution is 2.29. The van der Waals surface area contributed by atoms with Crippen LogP contribution in [0.25, 0.3) is 5.69 Å². The molecule has 0 atom stereocenters. The zero-order chi connectivity index (χ0) is 20.4. The number of alkyl halides is 3. The smallest absolute Gasteiger partial charge is 0.342 e. The van der Waals surface area contributed by atoms with E-state index in [1.54, 1.807) is 15.8 Å². The molecule has 6 nitrogen and oxygen atoms in total. The van der Waals surface area contributed by atoms with Crippen LogP contribution in [0.1, 0.15) is 30.1 Å². The normalized spacial score (nSPS) is 15.6. The van der Waals surface area contributed by atoms with Crippen LogP contribution < -0.4 is 0 Å². The standard InChI is InChI=1S/C20H20F3N5O/c21-20(22,23)18-8-11-27(25-18)17-6-9-26(10-7-17)19(29)12-15-13-24-28(14-15)16-4-2-1-3-5-16/h1-5,8,11,13-14,17H,6-7,9-10,12H2. The minimum absolute atomic E-state index is 0.00694. The third kappa shape index (κ3) is 4.33. The van der Waals surface area contributed by atoms with Crippen LogP contribution in [0.15, 0.2) is 55.0 Å². The molecule has 3 aromatic rings. The molecule has 0 spiro atoms. The summed E-state index contributed by atoms with van der Waals surface area (Å²) in [6.07, 6.45) is 1.84. The van der Waals surface area contributed by atoms with Crippen LogP contribution >= 0.6 is 0 Å². The van der Waals surface area contributed by atoms with E-state index in [-0.39, 0.29) is 18.4 Å². The average Bonchev–Trinajstić information content (AvgIpc) is 3.38. The van der Waals surface area contributed by atoms with Crippen molar-refractivity contribution in [1.29, 1.82) is 0 Å². The third-order valence-corrected chi connectivity index (χ3v) is 5.10. The second kappa shape index (κ2) is 7.73. The van der Waals surface area contributed by atoms with Gasteiger partial charge in [-0.05, 0) is 36.6 Å². The number of carbonyl (C=O) groups excluding carboxylic acids is 1. The molecule has 29 heavy (non-hydrogen) atoms. The number of amides is 1. The van der Waals surface area contributed by atoms with Crippen molar-refractivity contribution >= 4 is 5.91 Å². The van der Waals surface area contributed by atoms with Crippen molar-refractivity contribution in [2.24, 2.45) is 0 Å². The van der Waals surface area contributed by atoms with Gasteiger partial charge in [0.05, 0.1) is 24.3 Å². The van der Waals surface area contributed by atoms with E-state index < -0.39 is 11.9 Å². The van der Waals surface area contributed by atoms with Gasteiger partial charge in [-0.3, -0.25) is 9.48 Å². The average molecular weight is 403 g/mol. The van der Waals surface area contributed by atoms with E-state index in [0.29, 0.717) is 25.9 Å². The molecule has 1 amide bonds. The van der Waals surface area contributed by atoms with Gasteiger partial charge in [0, 0.05) is 25.5 Å². The second-order valence-corrected chi connectivity index (χ2v) is 7.10. The Morgan fingerprint density at radius 3 is 2.48 bits per heavy atom. The Morgan fingerprint density at radius 2 is 1.83 bits per heavy atom. The lowest BCUT2D eigenvalue weighted by molar-refractivity contribution is -0.141. The maximum absolute atomic E-state index is 12.7. The number of piperidine rings is 1. The van der Waals surface area contributed by atoms with Crippen molar-refractivity contribution < 1.29 is 18.0 Å². The molecule has 1 saturated heterocycles. The Kier molecular flexibility index (Phi) is 5.12. The van der Waals surface area contributed by atoms with Crippen molar-refractivity contribution in [3.8, 4) is 5.69 Å². The van der Waals surface area contributed by atoms with Crippen LogP contribution in [-0.2, 0) is 17.4 Å². The maximum atomic E-state index is 12.7. The summed E-state index contributed by atoms with van der Waals surface area (Å²) in [6, 6.07) is 10.5. The third-order valence-electron chi connectivity index (χ3n) is 5.10. The minimum Gasteiger partial charge on any atom is -0.342 e. The lowest BCUT2D eigenvalue weighted by Gasteiger charge is -2.32. The van der Waals surface area contributed by atoms with Gasteiger partial charge in [-0.2, -0.15) is 23.4 Å². The predicted octanol–water partition coefficient (Wildman–Crippen LogP) is 3.49. The highest BCUT2D eigenvalue weighted by Gasteiger charge is 2.34. The van der Waals surface area contributed by atoms with Gasteiger partial charge in [-0.15, -0.1) is 0 Å². The molecule has 1 aromatic carbocycles. The molecule has 2 aromatic heterocycles. The Hall–Kier alpha value is -3.10. The van der Waals surface area contributed by atoms with Gasteiger partial charge in [0.15, 0.2) is 5.69 Å². The molecule has 0 saturated carbocycles. The Morgan fingerprint density at radius 1 is 1.10 bits per heavy atom. The number of para-hydroxylation sites is 1. The van der Waals surface area contributed by atoms with Gasteiger partial charge in [0.25, 0.3) is 0 Å². The summed E-state index contributed by atoms with van der Waals surface area (Å²) in [5.74, 6) is -0.00694. The van der Waals surface area contributed by atoms with Crippen molar-refractivity contribution in [2.45, 2.75) is 31.5 Å². The van der Waals surface area contributed by atoms with Crippen molar-refractivity contribution in [1.82, 2.24) is 24.5 Å². The number of hydrogen-bond acceptors (Lipinski definition) is 3. The Labute approximate surface area is 165 Å². The van der Waals surface area contributed by atoms with E-state index in [9.17, 15) is 18.0 Å². The maximum Gasteiger partial charge on any atom is 0.435 e. The molecule has 9 heteroatoms. The number of aromatic nitrogens is 4. The first kappa shape index (κ1) is 19.2. The SMILES string of the molecule is O=C(Cc1cnn(-c2ccccc2)c1)N1CCC(n2ccc(C(F)(F)F)n2)CC1. The number of halogens is 3. The molecule has 0 unspecified atom stereocenters. The Balaban J connectivity index is 1.33. The lowest BCUT2D eigenvalue weighted by Crippen LogP contribution is -2.40. The van der Waals surface area contributed by atoms with Crippen molar-refractivity contribution in [2.75, 3.05) is 13.1 Å². The van der Waals surface area contributed by atoms with Crippen LogP contribution in [0.2, 0.25) is 0 Å². The number of benzene rings is 1. The molecule has 0 radical (unpaired) electrons. The molecule has 152 valence electrons. The molecule has 3 heterocycles. The first-order chi connectivity index (χ1) is 13.9. The molecule has 1 fully saturated rings. The van der Waals surface area contributed by atoms with Crippen LogP contribution in [0.5, 0.6) is 0 Å². The van der Waals surface area contributed by atoms with Crippen LogP contribution in [0.4, 0.5) is 13.2 Å². The van der Waals surface area contributed by atoms with Crippen molar-refractivity contribution in [3.05, 3.63) is 66.2 Å². The highest BCUT2D eigenvalue weighted by molar-refractivity contribution is 5.78. The molecule has 1 aliphatic heterocycles. The topological polar surface area (TPSA) is 56.0 Å². The fourth-order valence-electron chi connectivity index (χ4n) is 3.53. The largest absolute Gasteiger partial charge is 0.435 e. The monoisotopic (exact) mass is 403 g/mol. The van der Waals surface area contributed by atoms with Crippen LogP contribution in [0, 0.1) is 0 Å². The summed E-state index contributed by atoms with van der Waals surface area (Å²) in [4.78, 5) is 14.4. The number of likely N-dealkylation sites (tertiary alicyclic amines) is 1. The number of nitrogens with zero attached hydrogens (tertiary/aromatic N) is 5. The van der Waals surface area contributed by atoms with Gasteiger partial charge in [-0.1, -0.05) is 18.2 Å². The predicted molar refractivity (Wildman–Crippen MR) is 99.3 cm³/mol. The number of carbonyl (C=O) groups is 1. The van der Waals surface area contributed by atoms with Gasteiger partial charge < -0.3 is 4.90 Å². The van der Waals surface area contributed by atoms with Gasteiger partial charge >= 0.3 is 6.18 Å². The first-order valence-corrected chi connectivity index (χ1v) is 9.39. The summed E-state index contributed by atoms with van der Waals surface area (Å²) < 4.78 is 41.3. The fourth-order valence-corrected chi connectivity index (χ4v) is 3.53. The molecule has 1 aliphatic rings. The number of rotatable bonds is 4. The van der Waals surface area contributed by atoms with E-state index in [1.165, 1.54) is 10.9 Å². The molecule has 4 rings (SSSR count). The van der Waals surface area contributed by atoms with E-state index >= 15 is 0 Å². The quantitative estimate of drug-likeness (QED) is 0.670. The van der Waals surface area contributed by atoms with E-state index in [4.69, 9.17) is 0 Å². The molecule has 0 bridgehead atoms. The lowest BCUT2D eigenvalue weighted by atomic mass is 10.0. The van der Waals surface area contributed by atoms with Gasteiger partial charge in [-0.25, -0.2) is 4.68 Å². The van der Waals surface area contributed by atoms with Crippen LogP contribution in [-0.4, -0.2) is 43.5 Å². The van der Waals surface area contributed by atoms with Crippen molar-refractivity contribution in [3.63, 3.8) is 0 Å². The highest BCUT2D eigenvalue weighted by atomic mass is 19.4. The summed E-state index contributed by atoms with van der Waals surface area (Å²) in [5, 5.41) is 7.95. The number of hydrogen-bond donors (Lipinski definition) is 0. The zero-order valence-corrected chi connectivity index (χ0v) is 15.6. The van der Waals surface area contributed by atoms with E-state index in [2.05, 4.69) is 10.2 Å².